The Hall–Kier alpha value is -1.07. The second-order valence-electron chi connectivity index (χ2n) is 4.34. The molecule has 5 heteroatoms. The number of ether oxygens (including phenoxy) is 1. The predicted octanol–water partition coefficient (Wildman–Crippen LogP) is 2.49. The van der Waals surface area contributed by atoms with Gasteiger partial charge in [-0.25, -0.2) is 0 Å². The minimum atomic E-state index is -0.561. The van der Waals surface area contributed by atoms with Crippen molar-refractivity contribution in [3.63, 3.8) is 0 Å². The van der Waals surface area contributed by atoms with Gasteiger partial charge in [0.2, 0.25) is 0 Å². The zero-order valence-electron chi connectivity index (χ0n) is 11.2. The van der Waals surface area contributed by atoms with E-state index in [0.29, 0.717) is 12.2 Å². The maximum absolute atomic E-state index is 11.9. The van der Waals surface area contributed by atoms with Crippen LogP contribution < -0.4 is 10.1 Å². The molecule has 0 fully saturated rings. The van der Waals surface area contributed by atoms with Gasteiger partial charge in [-0.15, -0.1) is 0 Å². The second-order valence-corrected chi connectivity index (χ2v) is 5.26. The molecule has 19 heavy (non-hydrogen) atoms. The summed E-state index contributed by atoms with van der Waals surface area (Å²) in [6.07, 6.45) is 0.791. The Kier molecular flexibility index (Phi) is 6.87. The largest absolute Gasteiger partial charge is 0.481 e. The smallest absolute Gasteiger partial charge is 0.260 e. The normalized spacial score (nSPS) is 13.7. The summed E-state index contributed by atoms with van der Waals surface area (Å²) in [4.78, 5) is 11.9. The quantitative estimate of drug-likeness (QED) is 0.808. The van der Waals surface area contributed by atoms with Gasteiger partial charge in [-0.05, 0) is 44.0 Å². The Morgan fingerprint density at radius 1 is 1.42 bits per heavy atom. The zero-order valence-corrected chi connectivity index (χ0v) is 12.8. The summed E-state index contributed by atoms with van der Waals surface area (Å²) >= 11 is 3.34. The lowest BCUT2D eigenvalue weighted by atomic mass is 10.1. The van der Waals surface area contributed by atoms with Crippen LogP contribution in [-0.4, -0.2) is 29.8 Å². The number of amides is 1. The van der Waals surface area contributed by atoms with E-state index in [1.54, 1.807) is 19.1 Å². The maximum Gasteiger partial charge on any atom is 0.260 e. The van der Waals surface area contributed by atoms with Crippen molar-refractivity contribution >= 4 is 21.8 Å². The van der Waals surface area contributed by atoms with Crippen LogP contribution in [0.3, 0.4) is 0 Å². The van der Waals surface area contributed by atoms with E-state index in [9.17, 15) is 4.79 Å². The Balaban J connectivity index is 2.50. The number of aliphatic hydroxyl groups is 1. The summed E-state index contributed by atoms with van der Waals surface area (Å²) in [6.45, 7) is 3.75. The minimum Gasteiger partial charge on any atom is -0.481 e. The van der Waals surface area contributed by atoms with Crippen LogP contribution in [0, 0.1) is 0 Å². The lowest BCUT2D eigenvalue weighted by molar-refractivity contribution is -0.128. The first-order valence-electron chi connectivity index (χ1n) is 6.40. The lowest BCUT2D eigenvalue weighted by Crippen LogP contribution is -2.42. The summed E-state index contributed by atoms with van der Waals surface area (Å²) < 4.78 is 6.52. The van der Waals surface area contributed by atoms with Crippen molar-refractivity contribution in [2.24, 2.45) is 0 Å². The summed E-state index contributed by atoms with van der Waals surface area (Å²) in [7, 11) is 0. The van der Waals surface area contributed by atoms with Crippen LogP contribution in [0.25, 0.3) is 0 Å². The molecular formula is C14H20BrNO3. The average molecular weight is 330 g/mol. The van der Waals surface area contributed by atoms with Crippen LogP contribution in [0.2, 0.25) is 0 Å². The molecular weight excluding hydrogens is 310 g/mol. The lowest BCUT2D eigenvalue weighted by Gasteiger charge is -2.20. The fourth-order valence-electron chi connectivity index (χ4n) is 1.62. The first-order chi connectivity index (χ1) is 9.06. The van der Waals surface area contributed by atoms with Gasteiger partial charge in [-0.3, -0.25) is 4.79 Å². The highest BCUT2D eigenvalue weighted by atomic mass is 79.9. The van der Waals surface area contributed by atoms with E-state index < -0.39 is 6.10 Å². The van der Waals surface area contributed by atoms with Crippen molar-refractivity contribution < 1.29 is 14.6 Å². The van der Waals surface area contributed by atoms with Crippen molar-refractivity contribution in [1.82, 2.24) is 5.32 Å². The van der Waals surface area contributed by atoms with Gasteiger partial charge in [0.05, 0.1) is 0 Å². The summed E-state index contributed by atoms with van der Waals surface area (Å²) in [5.74, 6) is 0.490. The molecule has 1 aromatic carbocycles. The van der Waals surface area contributed by atoms with Crippen LogP contribution in [0.4, 0.5) is 0 Å². The maximum atomic E-state index is 11.9. The molecule has 0 saturated carbocycles. The Morgan fingerprint density at radius 3 is 2.58 bits per heavy atom. The summed E-state index contributed by atoms with van der Waals surface area (Å²) in [5, 5.41) is 11.8. The van der Waals surface area contributed by atoms with Gasteiger partial charge in [0.15, 0.2) is 6.10 Å². The molecule has 2 unspecified atom stereocenters. The van der Waals surface area contributed by atoms with Crippen LogP contribution >= 0.6 is 15.9 Å². The van der Waals surface area contributed by atoms with E-state index in [4.69, 9.17) is 9.84 Å². The Bertz CT molecular complexity index is 394. The number of carbonyl (C=O) groups is 1. The molecule has 0 aliphatic rings. The molecule has 0 spiro atoms. The molecule has 4 nitrogen and oxygen atoms in total. The molecule has 0 aliphatic carbocycles. The van der Waals surface area contributed by atoms with E-state index in [1.807, 2.05) is 19.1 Å². The predicted molar refractivity (Wildman–Crippen MR) is 78.2 cm³/mol. The monoisotopic (exact) mass is 329 g/mol. The first-order valence-corrected chi connectivity index (χ1v) is 7.19. The molecule has 1 amide bonds. The molecule has 0 saturated heterocycles. The standard InChI is InChI=1S/C14H20BrNO3/c1-3-12(8-9-17)16-14(18)10(2)19-13-6-4-11(15)5-7-13/h4-7,10,12,17H,3,8-9H2,1-2H3,(H,16,18). The van der Waals surface area contributed by atoms with Crippen LogP contribution in [0.15, 0.2) is 28.7 Å². The number of hydrogen-bond donors (Lipinski definition) is 2. The van der Waals surface area contributed by atoms with E-state index in [1.165, 1.54) is 0 Å². The number of halogens is 1. The number of nitrogens with one attached hydrogen (secondary N) is 1. The summed E-state index contributed by atoms with van der Waals surface area (Å²) in [5.41, 5.74) is 0. The molecule has 1 rings (SSSR count). The first kappa shape index (κ1) is 16.0. The van der Waals surface area contributed by atoms with E-state index in [2.05, 4.69) is 21.2 Å². The number of carbonyl (C=O) groups excluding carboxylic acids is 1. The minimum absolute atomic E-state index is 0.00605. The van der Waals surface area contributed by atoms with Crippen molar-refractivity contribution in [2.45, 2.75) is 38.8 Å². The molecule has 0 aliphatic heterocycles. The highest BCUT2D eigenvalue weighted by Gasteiger charge is 2.17. The van der Waals surface area contributed by atoms with Crippen LogP contribution in [-0.2, 0) is 4.79 Å². The average Bonchev–Trinajstić information content (AvgIpc) is 2.40. The molecule has 2 N–H and O–H groups in total. The highest BCUT2D eigenvalue weighted by molar-refractivity contribution is 9.10. The highest BCUT2D eigenvalue weighted by Crippen LogP contribution is 2.17. The van der Waals surface area contributed by atoms with Crippen LogP contribution in [0.1, 0.15) is 26.7 Å². The van der Waals surface area contributed by atoms with Crippen molar-refractivity contribution in [1.29, 1.82) is 0 Å². The molecule has 0 heterocycles. The van der Waals surface area contributed by atoms with Crippen molar-refractivity contribution in [3.8, 4) is 5.75 Å². The number of aliphatic hydroxyl groups excluding tert-OH is 1. The second kappa shape index (κ2) is 8.17. The van der Waals surface area contributed by atoms with E-state index in [-0.39, 0.29) is 18.6 Å². The van der Waals surface area contributed by atoms with Crippen molar-refractivity contribution in [3.05, 3.63) is 28.7 Å². The fraction of sp³-hybridized carbons (Fsp3) is 0.500. The Labute approximate surface area is 122 Å². The van der Waals surface area contributed by atoms with Gasteiger partial charge >= 0.3 is 0 Å². The van der Waals surface area contributed by atoms with Gasteiger partial charge in [-0.1, -0.05) is 22.9 Å². The van der Waals surface area contributed by atoms with Gasteiger partial charge in [-0.2, -0.15) is 0 Å². The zero-order chi connectivity index (χ0) is 14.3. The number of benzene rings is 1. The molecule has 1 aromatic rings. The van der Waals surface area contributed by atoms with E-state index in [0.717, 1.165) is 10.9 Å². The number of hydrogen-bond acceptors (Lipinski definition) is 3. The third-order valence-electron chi connectivity index (χ3n) is 2.81. The molecule has 0 radical (unpaired) electrons. The third kappa shape index (κ3) is 5.61. The molecule has 0 aromatic heterocycles. The summed E-state index contributed by atoms with van der Waals surface area (Å²) in [6, 6.07) is 7.33. The SMILES string of the molecule is CCC(CCO)NC(=O)C(C)Oc1ccc(Br)cc1. The van der Waals surface area contributed by atoms with Gasteiger partial charge in [0.25, 0.3) is 5.91 Å². The Morgan fingerprint density at radius 2 is 2.05 bits per heavy atom. The third-order valence-corrected chi connectivity index (χ3v) is 3.34. The van der Waals surface area contributed by atoms with Gasteiger partial charge in [0.1, 0.15) is 5.75 Å². The van der Waals surface area contributed by atoms with Crippen LogP contribution in [0.5, 0.6) is 5.75 Å². The van der Waals surface area contributed by atoms with Gasteiger partial charge < -0.3 is 15.2 Å². The molecule has 0 bridgehead atoms. The fourth-order valence-corrected chi connectivity index (χ4v) is 1.89. The van der Waals surface area contributed by atoms with Crippen molar-refractivity contribution in [2.75, 3.05) is 6.61 Å². The van der Waals surface area contributed by atoms with Gasteiger partial charge in [0, 0.05) is 17.1 Å². The molecule has 2 atom stereocenters. The topological polar surface area (TPSA) is 58.6 Å². The number of rotatable bonds is 7. The van der Waals surface area contributed by atoms with E-state index >= 15 is 0 Å². The molecule has 106 valence electrons.